The molecule has 1 atom stereocenters. The Kier molecular flexibility index (Phi) is 5.96. The van der Waals surface area contributed by atoms with Gasteiger partial charge >= 0.3 is 0 Å². The summed E-state index contributed by atoms with van der Waals surface area (Å²) >= 11 is 1.94. The second-order valence-electron chi connectivity index (χ2n) is 4.30. The Bertz CT molecular complexity index is 267. The minimum atomic E-state index is 0.839. The molecule has 0 bridgehead atoms. The van der Waals surface area contributed by atoms with Crippen molar-refractivity contribution < 1.29 is 0 Å². The fourth-order valence-electron chi connectivity index (χ4n) is 1.68. The fourth-order valence-corrected chi connectivity index (χ4v) is 2.58. The predicted octanol–water partition coefficient (Wildman–Crippen LogP) is 3.62. The summed E-state index contributed by atoms with van der Waals surface area (Å²) in [6.45, 7) is 8.97. The molecule has 1 aromatic heterocycles. The molecule has 1 unspecified atom stereocenters. The van der Waals surface area contributed by atoms with E-state index < -0.39 is 0 Å². The van der Waals surface area contributed by atoms with E-state index in [-0.39, 0.29) is 0 Å². The van der Waals surface area contributed by atoms with Crippen LogP contribution in [0.25, 0.3) is 0 Å². The average molecular weight is 225 g/mol. The zero-order valence-electron chi connectivity index (χ0n) is 10.2. The summed E-state index contributed by atoms with van der Waals surface area (Å²) in [6.07, 6.45) is 3.88. The first-order valence-electron chi connectivity index (χ1n) is 5.98. The molecule has 1 aromatic rings. The summed E-state index contributed by atoms with van der Waals surface area (Å²) in [4.78, 5) is 2.98. The number of nitrogens with one attached hydrogen (secondary N) is 1. The smallest absolute Gasteiger partial charge is 0.00481 e. The van der Waals surface area contributed by atoms with E-state index in [4.69, 9.17) is 0 Å². The van der Waals surface area contributed by atoms with E-state index >= 15 is 0 Å². The highest BCUT2D eigenvalue weighted by molar-refractivity contribution is 7.11. The van der Waals surface area contributed by atoms with Gasteiger partial charge in [0.15, 0.2) is 0 Å². The Morgan fingerprint density at radius 3 is 2.73 bits per heavy atom. The molecule has 2 heteroatoms. The SMILES string of the molecule is CCNCCC(C)CCc1ccc(C)s1. The molecule has 0 radical (unpaired) electrons. The number of thiophene rings is 1. The average Bonchev–Trinajstić information content (AvgIpc) is 2.62. The highest BCUT2D eigenvalue weighted by Crippen LogP contribution is 2.19. The Balaban J connectivity index is 2.13. The Morgan fingerprint density at radius 1 is 1.33 bits per heavy atom. The molecule has 0 fully saturated rings. The van der Waals surface area contributed by atoms with Gasteiger partial charge in [-0.15, -0.1) is 11.3 Å². The van der Waals surface area contributed by atoms with Gasteiger partial charge in [-0.1, -0.05) is 13.8 Å². The Labute approximate surface area is 97.9 Å². The van der Waals surface area contributed by atoms with Gasteiger partial charge in [-0.2, -0.15) is 0 Å². The molecule has 0 spiro atoms. The van der Waals surface area contributed by atoms with Gasteiger partial charge in [0, 0.05) is 9.75 Å². The van der Waals surface area contributed by atoms with Crippen LogP contribution in [-0.4, -0.2) is 13.1 Å². The molecule has 0 amide bonds. The number of rotatable bonds is 7. The standard InChI is InChI=1S/C13H23NS/c1-4-14-10-9-11(2)5-7-13-8-6-12(3)15-13/h6,8,11,14H,4-5,7,9-10H2,1-3H3. The second kappa shape index (κ2) is 7.02. The van der Waals surface area contributed by atoms with Crippen LogP contribution in [-0.2, 0) is 6.42 Å². The predicted molar refractivity (Wildman–Crippen MR) is 69.7 cm³/mol. The van der Waals surface area contributed by atoms with E-state index in [1.165, 1.54) is 30.7 Å². The normalized spacial score (nSPS) is 13.0. The highest BCUT2D eigenvalue weighted by atomic mass is 32.1. The molecule has 0 saturated heterocycles. The molecule has 1 N–H and O–H groups in total. The van der Waals surface area contributed by atoms with Crippen LogP contribution >= 0.6 is 11.3 Å². The quantitative estimate of drug-likeness (QED) is 0.699. The molecule has 1 nitrogen and oxygen atoms in total. The molecular weight excluding hydrogens is 202 g/mol. The summed E-state index contributed by atoms with van der Waals surface area (Å²) in [5, 5.41) is 3.38. The van der Waals surface area contributed by atoms with Crippen LogP contribution in [0.4, 0.5) is 0 Å². The molecule has 0 aliphatic rings. The number of aryl methyl sites for hydroxylation is 2. The first-order valence-corrected chi connectivity index (χ1v) is 6.80. The first kappa shape index (κ1) is 12.7. The number of hydrogen-bond acceptors (Lipinski definition) is 2. The van der Waals surface area contributed by atoms with Crippen LogP contribution in [0.5, 0.6) is 0 Å². The van der Waals surface area contributed by atoms with Crippen molar-refractivity contribution in [1.29, 1.82) is 0 Å². The van der Waals surface area contributed by atoms with Crippen LogP contribution < -0.4 is 5.32 Å². The molecule has 0 aliphatic carbocycles. The fraction of sp³-hybridized carbons (Fsp3) is 0.692. The highest BCUT2D eigenvalue weighted by Gasteiger charge is 2.03. The summed E-state index contributed by atoms with van der Waals surface area (Å²) in [5.41, 5.74) is 0. The molecule has 0 saturated carbocycles. The van der Waals surface area contributed by atoms with Crippen LogP contribution in [0.1, 0.15) is 36.4 Å². The van der Waals surface area contributed by atoms with E-state index in [1.807, 2.05) is 11.3 Å². The first-order chi connectivity index (χ1) is 7.22. The molecular formula is C13H23NS. The monoisotopic (exact) mass is 225 g/mol. The Hall–Kier alpha value is -0.340. The summed E-state index contributed by atoms with van der Waals surface area (Å²) in [6, 6.07) is 4.50. The lowest BCUT2D eigenvalue weighted by molar-refractivity contribution is 0.475. The van der Waals surface area contributed by atoms with Crippen molar-refractivity contribution in [3.8, 4) is 0 Å². The van der Waals surface area contributed by atoms with E-state index in [1.54, 1.807) is 4.88 Å². The third-order valence-electron chi connectivity index (χ3n) is 2.74. The topological polar surface area (TPSA) is 12.0 Å². The summed E-state index contributed by atoms with van der Waals surface area (Å²) in [7, 11) is 0. The van der Waals surface area contributed by atoms with Gasteiger partial charge in [-0.05, 0) is 57.3 Å². The zero-order valence-corrected chi connectivity index (χ0v) is 11.0. The van der Waals surface area contributed by atoms with Crippen molar-refractivity contribution in [1.82, 2.24) is 5.32 Å². The van der Waals surface area contributed by atoms with Gasteiger partial charge in [0.25, 0.3) is 0 Å². The second-order valence-corrected chi connectivity index (χ2v) is 5.67. The van der Waals surface area contributed by atoms with E-state index in [9.17, 15) is 0 Å². The molecule has 0 aromatic carbocycles. The van der Waals surface area contributed by atoms with Gasteiger partial charge < -0.3 is 5.32 Å². The van der Waals surface area contributed by atoms with Crippen LogP contribution in [0, 0.1) is 12.8 Å². The maximum Gasteiger partial charge on any atom is 0.00481 e. The third kappa shape index (κ3) is 5.33. The Morgan fingerprint density at radius 2 is 2.13 bits per heavy atom. The maximum atomic E-state index is 3.38. The molecule has 1 heterocycles. The van der Waals surface area contributed by atoms with Crippen molar-refractivity contribution >= 4 is 11.3 Å². The van der Waals surface area contributed by atoms with Gasteiger partial charge in [0.05, 0.1) is 0 Å². The minimum absolute atomic E-state index is 0.839. The minimum Gasteiger partial charge on any atom is -0.317 e. The lowest BCUT2D eigenvalue weighted by Gasteiger charge is -2.10. The largest absolute Gasteiger partial charge is 0.317 e. The van der Waals surface area contributed by atoms with Crippen molar-refractivity contribution in [2.45, 2.75) is 40.0 Å². The van der Waals surface area contributed by atoms with Gasteiger partial charge in [0.1, 0.15) is 0 Å². The van der Waals surface area contributed by atoms with Gasteiger partial charge in [0.2, 0.25) is 0 Å². The van der Waals surface area contributed by atoms with E-state index in [0.717, 1.165) is 12.5 Å². The van der Waals surface area contributed by atoms with Crippen molar-refractivity contribution in [3.63, 3.8) is 0 Å². The lowest BCUT2D eigenvalue weighted by Crippen LogP contribution is -2.16. The van der Waals surface area contributed by atoms with Crippen LogP contribution in [0.3, 0.4) is 0 Å². The third-order valence-corrected chi connectivity index (χ3v) is 3.80. The van der Waals surface area contributed by atoms with E-state index in [0.29, 0.717) is 0 Å². The van der Waals surface area contributed by atoms with Crippen LogP contribution in [0.2, 0.25) is 0 Å². The van der Waals surface area contributed by atoms with Crippen molar-refractivity contribution in [3.05, 3.63) is 21.9 Å². The van der Waals surface area contributed by atoms with Crippen molar-refractivity contribution in [2.75, 3.05) is 13.1 Å². The van der Waals surface area contributed by atoms with Gasteiger partial charge in [-0.25, -0.2) is 0 Å². The van der Waals surface area contributed by atoms with Crippen LogP contribution in [0.15, 0.2) is 12.1 Å². The molecule has 0 aliphatic heterocycles. The molecule has 1 rings (SSSR count). The number of hydrogen-bond donors (Lipinski definition) is 1. The van der Waals surface area contributed by atoms with E-state index in [2.05, 4.69) is 38.2 Å². The lowest BCUT2D eigenvalue weighted by atomic mass is 10.0. The maximum absolute atomic E-state index is 3.38. The molecule has 15 heavy (non-hydrogen) atoms. The molecule has 86 valence electrons. The summed E-state index contributed by atoms with van der Waals surface area (Å²) < 4.78 is 0. The van der Waals surface area contributed by atoms with Crippen molar-refractivity contribution in [2.24, 2.45) is 5.92 Å². The zero-order chi connectivity index (χ0) is 11.1. The van der Waals surface area contributed by atoms with Gasteiger partial charge in [-0.3, -0.25) is 0 Å². The summed E-state index contributed by atoms with van der Waals surface area (Å²) in [5.74, 6) is 0.839.